The van der Waals surface area contributed by atoms with E-state index in [1.165, 1.54) is 23.1 Å². The highest BCUT2D eigenvalue weighted by Crippen LogP contribution is 2.18. The van der Waals surface area contributed by atoms with Gasteiger partial charge in [0.1, 0.15) is 17.7 Å². The molecule has 3 aromatic carbocycles. The molecule has 34 heavy (non-hydrogen) atoms. The van der Waals surface area contributed by atoms with Gasteiger partial charge in [-0.2, -0.15) is 0 Å². The van der Waals surface area contributed by atoms with Crippen molar-refractivity contribution in [1.29, 1.82) is 0 Å². The Morgan fingerprint density at radius 3 is 2.24 bits per heavy atom. The van der Waals surface area contributed by atoms with Crippen LogP contribution in [0.15, 0.2) is 78.9 Å². The third-order valence-corrected chi connectivity index (χ3v) is 5.67. The highest BCUT2D eigenvalue weighted by atomic mass is 19.1. The summed E-state index contributed by atoms with van der Waals surface area (Å²) in [6.07, 6.45) is 1.88. The zero-order valence-corrected chi connectivity index (χ0v) is 19.3. The monoisotopic (exact) mass is 464 g/mol. The van der Waals surface area contributed by atoms with Gasteiger partial charge in [-0.05, 0) is 41.3 Å². The molecule has 0 fully saturated rings. The van der Waals surface area contributed by atoms with Crippen LogP contribution in [0, 0.1) is 11.6 Å². The molecule has 2 amide bonds. The van der Waals surface area contributed by atoms with Gasteiger partial charge < -0.3 is 10.2 Å². The molecule has 1 unspecified atom stereocenters. The molecule has 4 nitrogen and oxygen atoms in total. The molecule has 178 valence electrons. The van der Waals surface area contributed by atoms with Gasteiger partial charge in [-0.1, -0.05) is 74.0 Å². The minimum atomic E-state index is -0.802. The van der Waals surface area contributed by atoms with Gasteiger partial charge in [0.05, 0.1) is 6.42 Å². The second-order valence-corrected chi connectivity index (χ2v) is 8.27. The van der Waals surface area contributed by atoms with E-state index in [0.717, 1.165) is 18.4 Å². The first-order valence-corrected chi connectivity index (χ1v) is 11.6. The fourth-order valence-electron chi connectivity index (χ4n) is 3.75. The van der Waals surface area contributed by atoms with Gasteiger partial charge in [-0.25, -0.2) is 8.78 Å². The van der Waals surface area contributed by atoms with E-state index < -0.39 is 11.9 Å². The van der Waals surface area contributed by atoms with E-state index in [0.29, 0.717) is 18.5 Å². The van der Waals surface area contributed by atoms with Gasteiger partial charge in [0, 0.05) is 19.5 Å². The molecular weight excluding hydrogens is 434 g/mol. The van der Waals surface area contributed by atoms with Gasteiger partial charge in [-0.15, -0.1) is 0 Å². The molecule has 0 saturated carbocycles. The molecule has 1 N–H and O–H groups in total. The fraction of sp³-hybridized carbons (Fsp3) is 0.286. The molecule has 3 rings (SSSR count). The number of hydrogen-bond acceptors (Lipinski definition) is 2. The van der Waals surface area contributed by atoms with Crippen molar-refractivity contribution in [2.75, 3.05) is 6.54 Å². The summed E-state index contributed by atoms with van der Waals surface area (Å²) < 4.78 is 27.8. The first kappa shape index (κ1) is 25.1. The van der Waals surface area contributed by atoms with Crippen LogP contribution in [0.3, 0.4) is 0 Å². The smallest absolute Gasteiger partial charge is 0.243 e. The SMILES string of the molecule is CCCCNC(=O)C(Cc1ccccc1)N(Cc1ccc(F)cc1)C(=O)Cc1ccccc1F. The van der Waals surface area contributed by atoms with Crippen molar-refractivity contribution in [2.24, 2.45) is 0 Å². The summed E-state index contributed by atoms with van der Waals surface area (Å²) >= 11 is 0. The topological polar surface area (TPSA) is 49.4 Å². The molecule has 1 atom stereocenters. The lowest BCUT2D eigenvalue weighted by Gasteiger charge is -2.31. The third kappa shape index (κ3) is 7.24. The van der Waals surface area contributed by atoms with Crippen LogP contribution in [-0.2, 0) is 29.0 Å². The summed E-state index contributed by atoms with van der Waals surface area (Å²) in [5.74, 6) is -1.49. The summed E-state index contributed by atoms with van der Waals surface area (Å²) in [6, 6.07) is 20.6. The van der Waals surface area contributed by atoms with Crippen molar-refractivity contribution in [3.8, 4) is 0 Å². The maximum Gasteiger partial charge on any atom is 0.243 e. The third-order valence-electron chi connectivity index (χ3n) is 5.67. The summed E-state index contributed by atoms with van der Waals surface area (Å²) in [4.78, 5) is 28.3. The largest absolute Gasteiger partial charge is 0.354 e. The molecule has 0 bridgehead atoms. The van der Waals surface area contributed by atoms with Gasteiger partial charge >= 0.3 is 0 Å². The summed E-state index contributed by atoms with van der Waals surface area (Å²) in [5.41, 5.74) is 1.85. The number of carbonyl (C=O) groups is 2. The van der Waals surface area contributed by atoms with E-state index >= 15 is 0 Å². The molecular formula is C28H30F2N2O2. The van der Waals surface area contributed by atoms with E-state index in [1.54, 1.807) is 30.3 Å². The van der Waals surface area contributed by atoms with Crippen molar-refractivity contribution < 1.29 is 18.4 Å². The number of halogens is 2. The quantitative estimate of drug-likeness (QED) is 0.403. The predicted molar refractivity (Wildman–Crippen MR) is 129 cm³/mol. The van der Waals surface area contributed by atoms with Crippen molar-refractivity contribution >= 4 is 11.8 Å². The highest BCUT2D eigenvalue weighted by Gasteiger charge is 2.30. The second-order valence-electron chi connectivity index (χ2n) is 8.27. The molecule has 0 aromatic heterocycles. The van der Waals surface area contributed by atoms with Crippen LogP contribution in [0.5, 0.6) is 0 Å². The minimum absolute atomic E-state index is 0.103. The maximum absolute atomic E-state index is 14.3. The minimum Gasteiger partial charge on any atom is -0.354 e. The summed E-state index contributed by atoms with van der Waals surface area (Å²) in [6.45, 7) is 2.64. The number of unbranched alkanes of at least 4 members (excludes halogenated alkanes) is 1. The standard InChI is InChI=1S/C28H30F2N2O2/c1-2-3-17-31-28(34)26(18-21-9-5-4-6-10-21)32(20-22-13-15-24(29)16-14-22)27(33)19-23-11-7-8-12-25(23)30/h4-16,26H,2-3,17-20H2,1H3,(H,31,34). The Morgan fingerprint density at radius 1 is 0.882 bits per heavy atom. The first-order chi connectivity index (χ1) is 16.5. The Labute approximate surface area is 199 Å². The maximum atomic E-state index is 14.3. The van der Waals surface area contributed by atoms with Crippen LogP contribution in [0.1, 0.15) is 36.5 Å². The molecule has 3 aromatic rings. The summed E-state index contributed by atoms with van der Waals surface area (Å²) in [5, 5.41) is 2.94. The molecule has 0 spiro atoms. The summed E-state index contributed by atoms with van der Waals surface area (Å²) in [7, 11) is 0. The zero-order valence-electron chi connectivity index (χ0n) is 19.3. The lowest BCUT2D eigenvalue weighted by molar-refractivity contribution is -0.140. The second kappa shape index (κ2) is 12.6. The van der Waals surface area contributed by atoms with Gasteiger partial charge in [0.15, 0.2) is 0 Å². The predicted octanol–water partition coefficient (Wildman–Crippen LogP) is 5.06. The lowest BCUT2D eigenvalue weighted by Crippen LogP contribution is -2.51. The Kier molecular flexibility index (Phi) is 9.32. The van der Waals surface area contributed by atoms with Crippen molar-refractivity contribution in [2.45, 2.75) is 45.2 Å². The average molecular weight is 465 g/mol. The average Bonchev–Trinajstić information content (AvgIpc) is 2.84. The Balaban J connectivity index is 1.94. The van der Waals surface area contributed by atoms with E-state index in [4.69, 9.17) is 0 Å². The van der Waals surface area contributed by atoms with Crippen molar-refractivity contribution in [3.63, 3.8) is 0 Å². The van der Waals surface area contributed by atoms with Crippen molar-refractivity contribution in [1.82, 2.24) is 10.2 Å². The van der Waals surface area contributed by atoms with Crippen molar-refractivity contribution in [3.05, 3.63) is 107 Å². The zero-order chi connectivity index (χ0) is 24.3. The van der Waals surface area contributed by atoms with E-state index in [1.807, 2.05) is 37.3 Å². The van der Waals surface area contributed by atoms with E-state index in [9.17, 15) is 18.4 Å². The van der Waals surface area contributed by atoms with Gasteiger partial charge in [0.2, 0.25) is 11.8 Å². The molecule has 0 aliphatic rings. The van der Waals surface area contributed by atoms with E-state index in [-0.39, 0.29) is 36.2 Å². The Hall–Kier alpha value is -3.54. The number of carbonyl (C=O) groups excluding carboxylic acids is 2. The van der Waals surface area contributed by atoms with Crippen LogP contribution >= 0.6 is 0 Å². The van der Waals surface area contributed by atoms with Gasteiger partial charge in [0.25, 0.3) is 0 Å². The normalized spacial score (nSPS) is 11.6. The molecule has 6 heteroatoms. The number of nitrogens with one attached hydrogen (secondary N) is 1. The van der Waals surface area contributed by atoms with Crippen LogP contribution in [0.2, 0.25) is 0 Å². The van der Waals surface area contributed by atoms with Gasteiger partial charge in [-0.3, -0.25) is 9.59 Å². The molecule has 0 radical (unpaired) electrons. The molecule has 0 saturated heterocycles. The first-order valence-electron chi connectivity index (χ1n) is 11.6. The number of hydrogen-bond donors (Lipinski definition) is 1. The Morgan fingerprint density at radius 2 is 1.56 bits per heavy atom. The number of rotatable bonds is 11. The van der Waals surface area contributed by atoms with Crippen LogP contribution < -0.4 is 5.32 Å². The van der Waals surface area contributed by atoms with E-state index in [2.05, 4.69) is 5.32 Å². The Bertz CT molecular complexity index is 1070. The fourth-order valence-corrected chi connectivity index (χ4v) is 3.75. The highest BCUT2D eigenvalue weighted by molar-refractivity contribution is 5.88. The number of amides is 2. The molecule has 0 aliphatic carbocycles. The van der Waals surface area contributed by atoms with Crippen LogP contribution in [0.25, 0.3) is 0 Å². The lowest BCUT2D eigenvalue weighted by atomic mass is 10.0. The molecule has 0 aliphatic heterocycles. The van der Waals surface area contributed by atoms with Crippen LogP contribution in [0.4, 0.5) is 8.78 Å². The van der Waals surface area contributed by atoms with Crippen LogP contribution in [-0.4, -0.2) is 29.3 Å². The molecule has 0 heterocycles. The number of benzene rings is 3. The number of nitrogens with zero attached hydrogens (tertiary/aromatic N) is 1.